The van der Waals surface area contributed by atoms with Crippen molar-refractivity contribution in [3.8, 4) is 0 Å². The van der Waals surface area contributed by atoms with Gasteiger partial charge in [-0.05, 0) is 31.2 Å². The quantitative estimate of drug-likeness (QED) is 0.878. The van der Waals surface area contributed by atoms with Crippen LogP contribution in [0.15, 0.2) is 34.9 Å². The monoisotopic (exact) mass is 278 g/mol. The number of aryl methyl sites for hydroxylation is 1. The van der Waals surface area contributed by atoms with E-state index in [1.807, 2.05) is 13.0 Å². The van der Waals surface area contributed by atoms with Gasteiger partial charge in [-0.25, -0.2) is 0 Å². The van der Waals surface area contributed by atoms with Crippen LogP contribution in [0, 0.1) is 6.92 Å². The molecule has 5 heteroatoms. The van der Waals surface area contributed by atoms with Crippen LogP contribution in [0.3, 0.4) is 0 Å². The zero-order valence-corrected chi connectivity index (χ0v) is 11.6. The van der Waals surface area contributed by atoms with Crippen molar-refractivity contribution in [2.24, 2.45) is 0 Å². The summed E-state index contributed by atoms with van der Waals surface area (Å²) in [6, 6.07) is 6.73. The van der Waals surface area contributed by atoms with E-state index < -0.39 is 0 Å². The van der Waals surface area contributed by atoms with Gasteiger partial charge in [-0.2, -0.15) is 0 Å². The number of nitrogen functional groups attached to an aromatic ring is 1. The number of benzene rings is 1. The van der Waals surface area contributed by atoms with Crippen LogP contribution in [-0.4, -0.2) is 17.9 Å². The molecule has 0 saturated carbocycles. The van der Waals surface area contributed by atoms with Gasteiger partial charge in [-0.1, -0.05) is 11.6 Å². The zero-order valence-electron chi connectivity index (χ0n) is 10.8. The fourth-order valence-electron chi connectivity index (χ4n) is 1.81. The molecule has 0 spiro atoms. The molecule has 0 atom stereocenters. The van der Waals surface area contributed by atoms with Gasteiger partial charge in [-0.3, -0.25) is 4.79 Å². The van der Waals surface area contributed by atoms with Crippen LogP contribution in [0.2, 0.25) is 5.02 Å². The highest BCUT2D eigenvalue weighted by molar-refractivity contribution is 6.34. The molecule has 19 heavy (non-hydrogen) atoms. The summed E-state index contributed by atoms with van der Waals surface area (Å²) >= 11 is 6.04. The number of rotatable bonds is 3. The van der Waals surface area contributed by atoms with Gasteiger partial charge in [-0.15, -0.1) is 0 Å². The van der Waals surface area contributed by atoms with Crippen molar-refractivity contribution >= 4 is 23.2 Å². The smallest absolute Gasteiger partial charge is 0.255 e. The molecule has 1 aromatic heterocycles. The Balaban J connectivity index is 2.17. The molecule has 0 aliphatic heterocycles. The average Bonchev–Trinajstić information content (AvgIpc) is 2.74. The number of carbonyl (C=O) groups is 1. The zero-order chi connectivity index (χ0) is 14.0. The average molecular weight is 279 g/mol. The van der Waals surface area contributed by atoms with Gasteiger partial charge in [0.15, 0.2) is 0 Å². The molecule has 1 amide bonds. The van der Waals surface area contributed by atoms with Gasteiger partial charge in [0.2, 0.25) is 0 Å². The third kappa shape index (κ3) is 2.90. The molecule has 2 rings (SSSR count). The first-order valence-corrected chi connectivity index (χ1v) is 6.20. The molecule has 100 valence electrons. The minimum Gasteiger partial charge on any atom is -0.469 e. The molecule has 4 nitrogen and oxygen atoms in total. The summed E-state index contributed by atoms with van der Waals surface area (Å²) in [4.78, 5) is 13.9. The van der Waals surface area contributed by atoms with Crippen LogP contribution < -0.4 is 5.73 Å². The minimum absolute atomic E-state index is 0.148. The minimum atomic E-state index is -0.148. The molecule has 0 fully saturated rings. The molecule has 0 aliphatic rings. The first-order chi connectivity index (χ1) is 8.99. The number of carbonyl (C=O) groups excluding carboxylic acids is 1. The topological polar surface area (TPSA) is 59.5 Å². The van der Waals surface area contributed by atoms with Crippen LogP contribution >= 0.6 is 11.6 Å². The number of hydrogen-bond acceptors (Lipinski definition) is 3. The van der Waals surface area contributed by atoms with E-state index in [0.717, 1.165) is 11.3 Å². The third-order valence-electron chi connectivity index (χ3n) is 2.94. The highest BCUT2D eigenvalue weighted by Crippen LogP contribution is 2.21. The molecule has 0 aliphatic carbocycles. The highest BCUT2D eigenvalue weighted by Gasteiger charge is 2.16. The SMILES string of the molecule is Cc1occc1CN(C)C(=O)c1ccc(N)cc1Cl. The normalized spacial score (nSPS) is 10.5. The number of amides is 1. The molecule has 2 N–H and O–H groups in total. The van der Waals surface area contributed by atoms with Gasteiger partial charge in [0.1, 0.15) is 5.76 Å². The number of halogens is 1. The number of anilines is 1. The van der Waals surface area contributed by atoms with Crippen LogP contribution in [0.1, 0.15) is 21.7 Å². The molecule has 0 bridgehead atoms. The first kappa shape index (κ1) is 13.5. The summed E-state index contributed by atoms with van der Waals surface area (Å²) in [6.45, 7) is 2.34. The molecule has 1 aromatic carbocycles. The Labute approximate surface area is 116 Å². The van der Waals surface area contributed by atoms with Gasteiger partial charge in [0, 0.05) is 24.8 Å². The summed E-state index contributed by atoms with van der Waals surface area (Å²) in [5.74, 6) is 0.661. The van der Waals surface area contributed by atoms with Crippen molar-refractivity contribution in [1.29, 1.82) is 0 Å². The lowest BCUT2D eigenvalue weighted by atomic mass is 10.1. The maximum atomic E-state index is 12.3. The van der Waals surface area contributed by atoms with Crippen molar-refractivity contribution in [2.75, 3.05) is 12.8 Å². The fourth-order valence-corrected chi connectivity index (χ4v) is 2.08. The Morgan fingerprint density at radius 2 is 2.16 bits per heavy atom. The molecular formula is C14H15ClN2O2. The maximum absolute atomic E-state index is 12.3. The van der Waals surface area contributed by atoms with Gasteiger partial charge >= 0.3 is 0 Å². The summed E-state index contributed by atoms with van der Waals surface area (Å²) in [5.41, 5.74) is 7.57. The summed E-state index contributed by atoms with van der Waals surface area (Å²) in [6.07, 6.45) is 1.61. The lowest BCUT2D eigenvalue weighted by molar-refractivity contribution is 0.0785. The molecule has 0 unspecified atom stereocenters. The van der Waals surface area contributed by atoms with Crippen LogP contribution in [0.5, 0.6) is 0 Å². The Kier molecular flexibility index (Phi) is 3.81. The predicted molar refractivity (Wildman–Crippen MR) is 75.1 cm³/mol. The van der Waals surface area contributed by atoms with Crippen LogP contribution in [0.25, 0.3) is 0 Å². The Hall–Kier alpha value is -1.94. The van der Waals surface area contributed by atoms with Crippen molar-refractivity contribution < 1.29 is 9.21 Å². The van der Waals surface area contributed by atoms with E-state index in [1.165, 1.54) is 0 Å². The van der Waals surface area contributed by atoms with E-state index in [1.54, 1.807) is 36.4 Å². The van der Waals surface area contributed by atoms with Crippen molar-refractivity contribution in [1.82, 2.24) is 4.90 Å². The fraction of sp³-hybridized carbons (Fsp3) is 0.214. The van der Waals surface area contributed by atoms with E-state index in [9.17, 15) is 4.79 Å². The van der Waals surface area contributed by atoms with Crippen molar-refractivity contribution in [3.63, 3.8) is 0 Å². The molecule has 2 aromatic rings. The molecule has 0 radical (unpaired) electrons. The van der Waals surface area contributed by atoms with Gasteiger partial charge in [0.25, 0.3) is 5.91 Å². The van der Waals surface area contributed by atoms with E-state index in [0.29, 0.717) is 22.8 Å². The van der Waals surface area contributed by atoms with Crippen molar-refractivity contribution in [2.45, 2.75) is 13.5 Å². The van der Waals surface area contributed by atoms with E-state index in [2.05, 4.69) is 0 Å². The van der Waals surface area contributed by atoms with Gasteiger partial charge in [0.05, 0.1) is 16.8 Å². The summed E-state index contributed by atoms with van der Waals surface area (Å²) in [5, 5.41) is 0.362. The highest BCUT2D eigenvalue weighted by atomic mass is 35.5. The first-order valence-electron chi connectivity index (χ1n) is 5.82. The third-order valence-corrected chi connectivity index (χ3v) is 3.26. The lowest BCUT2D eigenvalue weighted by Gasteiger charge is -2.17. The number of nitrogens with zero attached hydrogens (tertiary/aromatic N) is 1. The van der Waals surface area contributed by atoms with E-state index >= 15 is 0 Å². The van der Waals surface area contributed by atoms with Crippen molar-refractivity contribution in [3.05, 3.63) is 52.4 Å². The van der Waals surface area contributed by atoms with Gasteiger partial charge < -0.3 is 15.1 Å². The standard InChI is InChI=1S/C14H15ClN2O2/c1-9-10(5-6-19-9)8-17(2)14(18)12-4-3-11(16)7-13(12)15/h3-7H,8,16H2,1-2H3. The molecule has 1 heterocycles. The number of nitrogens with two attached hydrogens (primary N) is 1. The van der Waals surface area contributed by atoms with Crippen LogP contribution in [0.4, 0.5) is 5.69 Å². The summed E-state index contributed by atoms with van der Waals surface area (Å²) < 4.78 is 5.21. The summed E-state index contributed by atoms with van der Waals surface area (Å²) in [7, 11) is 1.72. The molecule has 0 saturated heterocycles. The van der Waals surface area contributed by atoms with E-state index in [4.69, 9.17) is 21.8 Å². The molecular weight excluding hydrogens is 264 g/mol. The van der Waals surface area contributed by atoms with Crippen LogP contribution in [-0.2, 0) is 6.54 Å². The number of hydrogen-bond donors (Lipinski definition) is 1. The maximum Gasteiger partial charge on any atom is 0.255 e. The predicted octanol–water partition coefficient (Wildman–Crippen LogP) is 3.10. The second kappa shape index (κ2) is 5.36. The lowest BCUT2D eigenvalue weighted by Crippen LogP contribution is -2.26. The Morgan fingerprint density at radius 3 is 2.74 bits per heavy atom. The van der Waals surface area contributed by atoms with E-state index in [-0.39, 0.29) is 5.91 Å². The second-order valence-corrected chi connectivity index (χ2v) is 4.81. The second-order valence-electron chi connectivity index (χ2n) is 4.40. The Morgan fingerprint density at radius 1 is 1.42 bits per heavy atom. The largest absolute Gasteiger partial charge is 0.469 e. The Bertz CT molecular complexity index is 607. The number of furan rings is 1.